The predicted octanol–water partition coefficient (Wildman–Crippen LogP) is 8.55. The molecule has 1 unspecified atom stereocenters. The Morgan fingerprint density at radius 3 is 2.23 bits per heavy atom. The van der Waals surface area contributed by atoms with Crippen LogP contribution in [-0.2, 0) is 24.3 Å². The Labute approximate surface area is 254 Å². The van der Waals surface area contributed by atoms with Gasteiger partial charge in [0.2, 0.25) is 0 Å². The number of rotatable bonds is 8. The van der Waals surface area contributed by atoms with Gasteiger partial charge in [-0.1, -0.05) is 0 Å². The van der Waals surface area contributed by atoms with E-state index in [9.17, 15) is 0 Å². The average Bonchev–Trinajstić information content (AvgIpc) is 3.52. The van der Waals surface area contributed by atoms with E-state index < -0.39 is 27.4 Å². The summed E-state index contributed by atoms with van der Waals surface area (Å²) >= 11 is -3.97. The van der Waals surface area contributed by atoms with Crippen LogP contribution in [0.5, 0.6) is 0 Å². The molecule has 4 aromatic carbocycles. The minimum atomic E-state index is -3.97. The van der Waals surface area contributed by atoms with E-state index in [1.165, 1.54) is 63.7 Å². The summed E-state index contributed by atoms with van der Waals surface area (Å²) in [7, 11) is 15.2. The molecule has 0 radical (unpaired) electrons. The molecule has 1 aliphatic carbocycles. The first-order valence-corrected chi connectivity index (χ1v) is 25.3. The SMILES string of the molecule is CCCC1=Cc2c(ccc(CCC)c2-c2ccccc2C(C)C)[CH]1[Zr]([Cl])([Cl])[c]1cccc2c1[SiH2]c1ccccc1-2. The van der Waals surface area contributed by atoms with Crippen molar-refractivity contribution in [1.29, 1.82) is 0 Å². The van der Waals surface area contributed by atoms with Crippen LogP contribution in [0.3, 0.4) is 0 Å². The fourth-order valence-electron chi connectivity index (χ4n) is 7.14. The Hall–Kier alpha value is -1.70. The summed E-state index contributed by atoms with van der Waals surface area (Å²) in [6.07, 6.45) is 6.83. The summed E-state index contributed by atoms with van der Waals surface area (Å²) in [5.74, 6) is 0.454. The van der Waals surface area contributed by atoms with Crippen LogP contribution in [0, 0.1) is 0 Å². The molecule has 6 rings (SSSR count). The van der Waals surface area contributed by atoms with Crippen molar-refractivity contribution in [2.45, 2.75) is 62.9 Å². The van der Waals surface area contributed by atoms with Crippen molar-refractivity contribution >= 4 is 46.3 Å². The van der Waals surface area contributed by atoms with Gasteiger partial charge in [0.1, 0.15) is 0 Å². The fourth-order valence-corrected chi connectivity index (χ4v) is 24.0. The summed E-state index contributed by atoms with van der Waals surface area (Å²) in [6, 6.07) is 29.5. The van der Waals surface area contributed by atoms with Crippen LogP contribution in [0.2, 0.25) is 0 Å². The van der Waals surface area contributed by atoms with E-state index in [4.69, 9.17) is 17.0 Å². The molecule has 204 valence electrons. The monoisotopic (exact) mass is 658 g/mol. The van der Waals surface area contributed by atoms with Gasteiger partial charge in [0.15, 0.2) is 0 Å². The van der Waals surface area contributed by atoms with E-state index >= 15 is 0 Å². The number of aryl methyl sites for hydroxylation is 1. The van der Waals surface area contributed by atoms with Crippen molar-refractivity contribution in [3.8, 4) is 22.3 Å². The topological polar surface area (TPSA) is 0 Å². The van der Waals surface area contributed by atoms with Gasteiger partial charge in [-0.3, -0.25) is 0 Å². The van der Waals surface area contributed by atoms with Gasteiger partial charge in [-0.2, -0.15) is 0 Å². The van der Waals surface area contributed by atoms with Crippen LogP contribution >= 0.6 is 17.0 Å². The Morgan fingerprint density at radius 2 is 1.48 bits per heavy atom. The summed E-state index contributed by atoms with van der Waals surface area (Å²) < 4.78 is 1.46. The predicted molar refractivity (Wildman–Crippen MR) is 177 cm³/mol. The van der Waals surface area contributed by atoms with Crippen molar-refractivity contribution in [2.75, 3.05) is 0 Å². The molecule has 0 saturated heterocycles. The Kier molecular flexibility index (Phi) is 8.19. The van der Waals surface area contributed by atoms with Crippen molar-refractivity contribution in [2.24, 2.45) is 0 Å². The van der Waals surface area contributed by atoms with Gasteiger partial charge >= 0.3 is 256 Å². The van der Waals surface area contributed by atoms with Gasteiger partial charge in [0, 0.05) is 0 Å². The number of hydrogen-bond acceptors (Lipinski definition) is 0. The summed E-state index contributed by atoms with van der Waals surface area (Å²) in [5.41, 5.74) is 12.6. The van der Waals surface area contributed by atoms with E-state index in [1.807, 2.05) is 0 Å². The van der Waals surface area contributed by atoms with Crippen LogP contribution in [0.15, 0.2) is 84.4 Å². The molecule has 4 aromatic rings. The summed E-state index contributed by atoms with van der Waals surface area (Å²) in [4.78, 5) is 0. The Balaban J connectivity index is 1.55. The van der Waals surface area contributed by atoms with E-state index in [1.54, 1.807) is 0 Å². The van der Waals surface area contributed by atoms with Gasteiger partial charge in [-0.15, -0.1) is 0 Å². The van der Waals surface area contributed by atoms with Crippen LogP contribution in [0.25, 0.3) is 28.3 Å². The van der Waals surface area contributed by atoms with Gasteiger partial charge in [0.25, 0.3) is 0 Å². The third-order valence-electron chi connectivity index (χ3n) is 8.86. The molecule has 2 aliphatic rings. The maximum atomic E-state index is 7.89. The molecule has 0 amide bonds. The van der Waals surface area contributed by atoms with Crippen LogP contribution < -0.4 is 13.6 Å². The van der Waals surface area contributed by atoms with Gasteiger partial charge < -0.3 is 0 Å². The fraction of sp³-hybridized carbons (Fsp3) is 0.278. The molecule has 0 fully saturated rings. The summed E-state index contributed by atoms with van der Waals surface area (Å²) in [5, 5.41) is 3.02. The number of hydrogen-bond donors (Lipinski definition) is 0. The quantitative estimate of drug-likeness (QED) is 0.146. The molecule has 4 heteroatoms. The molecule has 0 nitrogen and oxygen atoms in total. The molecule has 40 heavy (non-hydrogen) atoms. The first-order valence-electron chi connectivity index (χ1n) is 14.9. The molecule has 1 aliphatic heterocycles. The first-order chi connectivity index (χ1) is 19.4. The number of halogens is 2. The zero-order valence-electron chi connectivity index (χ0n) is 24.0. The van der Waals surface area contributed by atoms with Crippen molar-refractivity contribution in [3.63, 3.8) is 0 Å². The van der Waals surface area contributed by atoms with Crippen LogP contribution in [0.1, 0.15) is 78.8 Å². The average molecular weight is 661 g/mol. The number of fused-ring (bicyclic) bond motifs is 4. The van der Waals surface area contributed by atoms with Crippen LogP contribution in [-0.4, -0.2) is 9.52 Å². The number of benzene rings is 4. The zero-order valence-corrected chi connectivity index (χ0v) is 29.4. The second-order valence-corrected chi connectivity index (χ2v) is 27.6. The van der Waals surface area contributed by atoms with Gasteiger partial charge in [-0.25, -0.2) is 0 Å². The van der Waals surface area contributed by atoms with E-state index in [-0.39, 0.29) is 3.63 Å². The molecule has 1 heterocycles. The third-order valence-corrected chi connectivity index (χ3v) is 23.2. The Bertz CT molecular complexity index is 1620. The first kappa shape index (κ1) is 28.4. The molecule has 1 atom stereocenters. The third kappa shape index (κ3) is 4.78. The minimum absolute atomic E-state index is 0.137. The Morgan fingerprint density at radius 1 is 0.775 bits per heavy atom. The molecule has 0 saturated carbocycles. The molecule has 0 aromatic heterocycles. The molecular weight excluding hydrogens is 623 g/mol. The van der Waals surface area contributed by atoms with E-state index in [0.717, 1.165) is 25.7 Å². The maximum absolute atomic E-state index is 7.89. The molecule has 0 spiro atoms. The van der Waals surface area contributed by atoms with Gasteiger partial charge in [-0.05, 0) is 0 Å². The van der Waals surface area contributed by atoms with Crippen molar-refractivity contribution in [3.05, 3.63) is 107 Å². The van der Waals surface area contributed by atoms with E-state index in [2.05, 4.69) is 113 Å². The van der Waals surface area contributed by atoms with Crippen LogP contribution in [0.4, 0.5) is 0 Å². The second kappa shape index (κ2) is 11.5. The number of allylic oxidation sites excluding steroid dienone is 1. The second-order valence-electron chi connectivity index (χ2n) is 11.8. The van der Waals surface area contributed by atoms with Gasteiger partial charge in [0.05, 0.1) is 0 Å². The molecule has 0 N–H and O–H groups in total. The van der Waals surface area contributed by atoms with Crippen molar-refractivity contribution < 1.29 is 17.9 Å². The molecular formula is C36H38Cl2SiZr. The standard InChI is InChI=1S/C24H29.C12H9Si.2ClH.Zr/c1-5-9-18-15-20-14-13-19(10-6-2)24(23(20)16-18)22-12-8-7-11-21(22)17(3)4;1-3-7-11-9(5-1)10-6-2-4-8-12(10)13-11;;;/h7-8,11-17H,5-6,9-10H2,1-4H3;1-7H,13H2;2*1H;/q;;;;+2/p-2. The van der Waals surface area contributed by atoms with Crippen molar-refractivity contribution in [1.82, 2.24) is 0 Å². The summed E-state index contributed by atoms with van der Waals surface area (Å²) in [6.45, 7) is 9.17. The normalized spacial score (nSPS) is 16.3. The molecule has 0 bridgehead atoms. The van der Waals surface area contributed by atoms with E-state index in [0.29, 0.717) is 5.92 Å². The zero-order chi connectivity index (χ0) is 28.0.